The Hall–Kier alpha value is -1.65. The van der Waals surface area contributed by atoms with Gasteiger partial charge in [-0.2, -0.15) is 0 Å². The lowest BCUT2D eigenvalue weighted by atomic mass is 9.59. The van der Waals surface area contributed by atoms with Crippen molar-refractivity contribution in [2.45, 2.75) is 65.1 Å². The maximum atomic E-state index is 12.9. The van der Waals surface area contributed by atoms with E-state index >= 15 is 0 Å². The summed E-state index contributed by atoms with van der Waals surface area (Å²) in [6.45, 7) is 10.6. The minimum Gasteiger partial charge on any atom is -0.461 e. The molecule has 1 N–H and O–H groups in total. The number of aliphatic hydroxyl groups is 1. The summed E-state index contributed by atoms with van der Waals surface area (Å²) in [5, 5.41) is 11.1. The molecule has 3 aliphatic rings. The van der Waals surface area contributed by atoms with E-state index in [1.165, 1.54) is 19.3 Å². The topological polar surface area (TPSA) is 49.8 Å². The van der Waals surface area contributed by atoms with Crippen LogP contribution in [-0.2, 0) is 15.1 Å². The number of nitrogens with zero attached hydrogens (tertiary/aromatic N) is 1. The first kappa shape index (κ1) is 21.6. The van der Waals surface area contributed by atoms with Gasteiger partial charge in [0, 0.05) is 19.0 Å². The van der Waals surface area contributed by atoms with Gasteiger partial charge < -0.3 is 9.84 Å². The molecule has 0 radical (unpaired) electrons. The number of rotatable bonds is 6. The normalized spacial score (nSPS) is 35.3. The van der Waals surface area contributed by atoms with E-state index in [1.807, 2.05) is 37.3 Å². The standard InChI is InChI=1S/C26H37NO3/c1-5-27(17-26(4,29)19-11-7-6-8-12-19)16-21-20-14-22-18(2)10-9-13-25(22,3)15-23(20)30-24(21)28/h6-8,11-12,14,18,20-21,23,29H,5,9-10,13,15-17H2,1-4H3. The van der Waals surface area contributed by atoms with E-state index < -0.39 is 5.60 Å². The summed E-state index contributed by atoms with van der Waals surface area (Å²) in [4.78, 5) is 15.1. The zero-order chi connectivity index (χ0) is 21.5. The van der Waals surface area contributed by atoms with Crippen LogP contribution in [0.2, 0.25) is 0 Å². The lowest BCUT2D eigenvalue weighted by Gasteiger charge is -2.46. The molecule has 0 bridgehead atoms. The second-order valence-corrected chi connectivity index (χ2v) is 10.3. The van der Waals surface area contributed by atoms with Crippen LogP contribution in [0, 0.1) is 23.2 Å². The molecule has 4 heteroatoms. The largest absolute Gasteiger partial charge is 0.461 e. The Bertz CT molecular complexity index is 802. The number of esters is 1. The van der Waals surface area contributed by atoms with Crippen molar-refractivity contribution in [3.05, 3.63) is 47.5 Å². The molecular formula is C26H37NO3. The van der Waals surface area contributed by atoms with Crippen LogP contribution >= 0.6 is 0 Å². The summed E-state index contributed by atoms with van der Waals surface area (Å²) < 4.78 is 5.91. The molecule has 1 saturated heterocycles. The summed E-state index contributed by atoms with van der Waals surface area (Å²) >= 11 is 0. The lowest BCUT2D eigenvalue weighted by Crippen LogP contribution is -2.44. The van der Waals surface area contributed by atoms with Gasteiger partial charge in [0.2, 0.25) is 0 Å². The smallest absolute Gasteiger partial charge is 0.311 e. The van der Waals surface area contributed by atoms with Gasteiger partial charge in [-0.25, -0.2) is 0 Å². The van der Waals surface area contributed by atoms with Crippen LogP contribution in [0.3, 0.4) is 0 Å². The van der Waals surface area contributed by atoms with Crippen molar-refractivity contribution in [1.82, 2.24) is 4.90 Å². The molecule has 2 fully saturated rings. The van der Waals surface area contributed by atoms with Crippen molar-refractivity contribution in [1.29, 1.82) is 0 Å². The molecule has 1 heterocycles. The van der Waals surface area contributed by atoms with E-state index in [0.29, 0.717) is 19.0 Å². The Kier molecular flexibility index (Phi) is 5.84. The molecule has 164 valence electrons. The van der Waals surface area contributed by atoms with Gasteiger partial charge in [0.05, 0.1) is 11.5 Å². The summed E-state index contributed by atoms with van der Waals surface area (Å²) in [7, 11) is 0. The number of hydrogen-bond donors (Lipinski definition) is 1. The molecule has 0 spiro atoms. The number of carbonyl (C=O) groups is 1. The first-order chi connectivity index (χ1) is 14.2. The molecule has 1 aliphatic heterocycles. The van der Waals surface area contributed by atoms with Crippen LogP contribution in [0.4, 0.5) is 0 Å². The monoisotopic (exact) mass is 411 g/mol. The van der Waals surface area contributed by atoms with Gasteiger partial charge >= 0.3 is 5.97 Å². The molecule has 6 unspecified atom stereocenters. The zero-order valence-electron chi connectivity index (χ0n) is 18.9. The van der Waals surface area contributed by atoms with Gasteiger partial charge in [-0.3, -0.25) is 9.69 Å². The Balaban J connectivity index is 1.52. The third-order valence-electron chi connectivity index (χ3n) is 7.91. The summed E-state index contributed by atoms with van der Waals surface area (Å²) in [6, 6.07) is 9.79. The van der Waals surface area contributed by atoms with E-state index in [9.17, 15) is 9.90 Å². The third kappa shape index (κ3) is 3.97. The molecule has 1 aromatic carbocycles. The number of likely N-dealkylation sites (N-methyl/N-ethyl adjacent to an activating group) is 1. The maximum absolute atomic E-state index is 12.9. The van der Waals surface area contributed by atoms with Crippen molar-refractivity contribution in [3.63, 3.8) is 0 Å². The molecule has 4 rings (SSSR count). The number of ether oxygens (including phenoxy) is 1. The summed E-state index contributed by atoms with van der Waals surface area (Å²) in [6.07, 6.45) is 7.10. The highest BCUT2D eigenvalue weighted by Gasteiger charge is 2.52. The molecule has 30 heavy (non-hydrogen) atoms. The lowest BCUT2D eigenvalue weighted by molar-refractivity contribution is -0.145. The van der Waals surface area contributed by atoms with Crippen LogP contribution in [0.25, 0.3) is 0 Å². The van der Waals surface area contributed by atoms with Crippen molar-refractivity contribution >= 4 is 5.97 Å². The van der Waals surface area contributed by atoms with E-state index in [4.69, 9.17) is 4.74 Å². The minimum atomic E-state index is -0.958. The SMILES string of the molecule is CCN(CC1C(=O)OC2CC3(C)CCCC(C)C3=CC21)CC(C)(O)c1ccccc1. The highest BCUT2D eigenvalue weighted by atomic mass is 16.6. The van der Waals surface area contributed by atoms with E-state index in [1.54, 1.807) is 5.57 Å². The molecule has 1 saturated carbocycles. The number of hydrogen-bond acceptors (Lipinski definition) is 4. The fraction of sp³-hybridized carbons (Fsp3) is 0.654. The Morgan fingerprint density at radius 1 is 1.30 bits per heavy atom. The Morgan fingerprint density at radius 3 is 2.73 bits per heavy atom. The first-order valence-corrected chi connectivity index (χ1v) is 11.7. The predicted octanol–water partition coefficient (Wildman–Crippen LogP) is 4.53. The molecule has 6 atom stereocenters. The van der Waals surface area contributed by atoms with Crippen LogP contribution < -0.4 is 0 Å². The van der Waals surface area contributed by atoms with Crippen LogP contribution in [0.5, 0.6) is 0 Å². The number of fused-ring (bicyclic) bond motifs is 2. The van der Waals surface area contributed by atoms with Gasteiger partial charge in [-0.05, 0) is 49.6 Å². The first-order valence-electron chi connectivity index (χ1n) is 11.7. The molecule has 2 aliphatic carbocycles. The van der Waals surface area contributed by atoms with E-state index in [0.717, 1.165) is 18.5 Å². The quantitative estimate of drug-likeness (QED) is 0.552. The van der Waals surface area contributed by atoms with Gasteiger partial charge in [0.15, 0.2) is 0 Å². The van der Waals surface area contributed by atoms with Crippen LogP contribution in [0.15, 0.2) is 42.0 Å². The van der Waals surface area contributed by atoms with Crippen LogP contribution in [-0.4, -0.2) is 41.7 Å². The Labute approximate surface area is 181 Å². The molecule has 0 amide bonds. The second kappa shape index (κ2) is 8.12. The van der Waals surface area contributed by atoms with Gasteiger partial charge in [-0.15, -0.1) is 0 Å². The zero-order valence-corrected chi connectivity index (χ0v) is 18.9. The van der Waals surface area contributed by atoms with Crippen molar-refractivity contribution < 1.29 is 14.6 Å². The van der Waals surface area contributed by atoms with E-state index in [2.05, 4.69) is 31.7 Å². The van der Waals surface area contributed by atoms with Gasteiger partial charge in [0.25, 0.3) is 0 Å². The molecule has 4 nitrogen and oxygen atoms in total. The average Bonchev–Trinajstić information content (AvgIpc) is 3.00. The third-order valence-corrected chi connectivity index (χ3v) is 7.91. The van der Waals surface area contributed by atoms with Crippen molar-refractivity contribution in [2.24, 2.45) is 23.2 Å². The summed E-state index contributed by atoms with van der Waals surface area (Å²) in [5.41, 5.74) is 1.69. The van der Waals surface area contributed by atoms with Gasteiger partial charge in [0.1, 0.15) is 6.10 Å². The van der Waals surface area contributed by atoms with Crippen LogP contribution in [0.1, 0.15) is 58.9 Å². The minimum absolute atomic E-state index is 0.00916. The predicted molar refractivity (Wildman–Crippen MR) is 119 cm³/mol. The number of benzene rings is 1. The van der Waals surface area contributed by atoms with E-state index in [-0.39, 0.29) is 29.3 Å². The maximum Gasteiger partial charge on any atom is 0.311 e. The number of allylic oxidation sites excluding steroid dienone is 1. The summed E-state index contributed by atoms with van der Waals surface area (Å²) in [5.74, 6) is 0.557. The highest BCUT2D eigenvalue weighted by Crippen LogP contribution is 2.54. The van der Waals surface area contributed by atoms with Crippen molar-refractivity contribution in [2.75, 3.05) is 19.6 Å². The van der Waals surface area contributed by atoms with Gasteiger partial charge in [-0.1, -0.05) is 69.2 Å². The molecular weight excluding hydrogens is 374 g/mol. The number of carbonyl (C=O) groups excluding carboxylic acids is 1. The molecule has 0 aromatic heterocycles. The fourth-order valence-electron chi connectivity index (χ4n) is 6.17. The Morgan fingerprint density at radius 2 is 2.03 bits per heavy atom. The second-order valence-electron chi connectivity index (χ2n) is 10.3. The average molecular weight is 412 g/mol. The highest BCUT2D eigenvalue weighted by molar-refractivity contribution is 5.76. The fourth-order valence-corrected chi connectivity index (χ4v) is 6.17. The van der Waals surface area contributed by atoms with Crippen molar-refractivity contribution in [3.8, 4) is 0 Å². The molecule has 1 aromatic rings.